The molecule has 5 atom stereocenters. The number of primary amides is 1. The maximum Gasteiger partial charge on any atom is 0.326 e. The molecule has 1 heterocycles. The van der Waals surface area contributed by atoms with Crippen LogP contribution in [0.4, 0.5) is 0 Å². The number of hydrogen-bond acceptors (Lipinski definition) is 8. The van der Waals surface area contributed by atoms with Gasteiger partial charge in [0.1, 0.15) is 18.1 Å². The molecule has 35 heavy (non-hydrogen) atoms. The van der Waals surface area contributed by atoms with Gasteiger partial charge in [-0.3, -0.25) is 19.2 Å². The number of rotatable bonds is 15. The minimum Gasteiger partial charge on any atom is -0.480 e. The number of carboxylic acid groups (broad SMARTS) is 1. The van der Waals surface area contributed by atoms with Gasteiger partial charge in [0, 0.05) is 24.7 Å². The van der Waals surface area contributed by atoms with Crippen molar-refractivity contribution in [2.24, 2.45) is 17.4 Å². The minimum absolute atomic E-state index is 0.104. The van der Waals surface area contributed by atoms with Crippen LogP contribution in [0, 0.1) is 5.92 Å². The number of amides is 4. The van der Waals surface area contributed by atoms with Gasteiger partial charge in [0.25, 0.3) is 0 Å². The second kappa shape index (κ2) is 14.0. The Morgan fingerprint density at radius 2 is 1.66 bits per heavy atom. The first-order chi connectivity index (χ1) is 16.3. The molecule has 1 aromatic heterocycles. The summed E-state index contributed by atoms with van der Waals surface area (Å²) in [5.41, 5.74) is 11.4. The summed E-state index contributed by atoms with van der Waals surface area (Å²) in [6, 6.07) is -5.07. The maximum atomic E-state index is 12.9. The Kier molecular flexibility index (Phi) is 11.8. The summed E-state index contributed by atoms with van der Waals surface area (Å²) >= 11 is 0. The third-order valence-electron chi connectivity index (χ3n) is 5.03. The average molecular weight is 498 g/mol. The lowest BCUT2D eigenvalue weighted by molar-refractivity contribution is -0.142. The Morgan fingerprint density at radius 1 is 1.03 bits per heavy atom. The molecule has 196 valence electrons. The highest BCUT2D eigenvalue weighted by Gasteiger charge is 2.33. The number of imidazole rings is 1. The van der Waals surface area contributed by atoms with E-state index in [0.717, 1.165) is 0 Å². The van der Waals surface area contributed by atoms with Crippen molar-refractivity contribution in [1.82, 2.24) is 25.9 Å². The molecule has 0 fully saturated rings. The normalized spacial score (nSPS) is 15.4. The van der Waals surface area contributed by atoms with Crippen molar-refractivity contribution in [2.45, 2.75) is 76.7 Å². The van der Waals surface area contributed by atoms with Crippen molar-refractivity contribution in [1.29, 1.82) is 0 Å². The second-order valence-corrected chi connectivity index (χ2v) is 8.71. The van der Waals surface area contributed by atoms with E-state index >= 15 is 0 Å². The molecular weight excluding hydrogens is 462 g/mol. The van der Waals surface area contributed by atoms with E-state index in [2.05, 4.69) is 25.9 Å². The van der Waals surface area contributed by atoms with Gasteiger partial charge in [0.15, 0.2) is 0 Å². The van der Waals surface area contributed by atoms with Gasteiger partial charge < -0.3 is 42.6 Å². The lowest BCUT2D eigenvalue weighted by Gasteiger charge is -2.26. The van der Waals surface area contributed by atoms with Crippen molar-refractivity contribution in [3.05, 3.63) is 18.2 Å². The highest BCUT2D eigenvalue weighted by molar-refractivity contribution is 5.94. The Morgan fingerprint density at radius 3 is 2.14 bits per heavy atom. The number of nitrogens with two attached hydrogens (primary N) is 2. The van der Waals surface area contributed by atoms with E-state index in [0.29, 0.717) is 12.1 Å². The molecule has 4 amide bonds. The molecule has 0 aliphatic carbocycles. The predicted molar refractivity (Wildman–Crippen MR) is 123 cm³/mol. The number of carbonyl (C=O) groups excluding carboxylic acids is 4. The third-order valence-corrected chi connectivity index (χ3v) is 5.03. The van der Waals surface area contributed by atoms with Crippen LogP contribution < -0.4 is 27.4 Å². The molecule has 5 unspecified atom stereocenters. The van der Waals surface area contributed by atoms with E-state index in [9.17, 15) is 34.2 Å². The van der Waals surface area contributed by atoms with E-state index in [4.69, 9.17) is 11.5 Å². The van der Waals surface area contributed by atoms with Crippen molar-refractivity contribution in [3.8, 4) is 0 Å². The zero-order valence-electron chi connectivity index (χ0n) is 20.0. The van der Waals surface area contributed by atoms with Gasteiger partial charge >= 0.3 is 5.97 Å². The van der Waals surface area contributed by atoms with E-state index in [-0.39, 0.29) is 25.2 Å². The standard InChI is InChI=1S/C21H35N7O7/c1-10(2)6-13(22)18(31)28-17(11(3)29)20(33)27-15(7-12-8-24-9-25-12)19(32)26-14(21(34)35)4-5-16(23)30/h8-11,13-15,17,29H,4-7,22H2,1-3H3,(H2,23,30)(H,24,25)(H,26,32)(H,27,33)(H,28,31)(H,34,35). The number of carbonyl (C=O) groups is 5. The molecule has 0 saturated carbocycles. The van der Waals surface area contributed by atoms with Gasteiger partial charge in [-0.05, 0) is 25.7 Å². The topological polar surface area (TPSA) is 243 Å². The number of H-pyrrole nitrogens is 1. The van der Waals surface area contributed by atoms with Crippen LogP contribution in [0.3, 0.4) is 0 Å². The summed E-state index contributed by atoms with van der Waals surface area (Å²) in [6.45, 7) is 5.03. The molecule has 10 N–H and O–H groups in total. The first-order valence-corrected chi connectivity index (χ1v) is 11.1. The summed E-state index contributed by atoms with van der Waals surface area (Å²) in [7, 11) is 0. The van der Waals surface area contributed by atoms with Crippen molar-refractivity contribution >= 4 is 29.6 Å². The number of carboxylic acids is 1. The molecule has 0 saturated heterocycles. The highest BCUT2D eigenvalue weighted by atomic mass is 16.4. The van der Waals surface area contributed by atoms with E-state index in [1.54, 1.807) is 0 Å². The molecule has 0 aliphatic rings. The highest BCUT2D eigenvalue weighted by Crippen LogP contribution is 2.06. The summed E-state index contributed by atoms with van der Waals surface area (Å²) in [5.74, 6) is -4.40. The Labute approximate surface area is 202 Å². The van der Waals surface area contributed by atoms with Crippen LogP contribution in [0.2, 0.25) is 0 Å². The maximum absolute atomic E-state index is 12.9. The molecule has 0 aliphatic heterocycles. The van der Waals surface area contributed by atoms with Gasteiger partial charge in [-0.15, -0.1) is 0 Å². The average Bonchev–Trinajstić information content (AvgIpc) is 3.25. The molecule has 1 aromatic rings. The number of aliphatic hydroxyl groups excluding tert-OH is 1. The predicted octanol–water partition coefficient (Wildman–Crippen LogP) is -2.49. The lowest BCUT2D eigenvalue weighted by atomic mass is 10.0. The SMILES string of the molecule is CC(C)CC(N)C(=O)NC(C(=O)NC(Cc1cnc[nH]1)C(=O)NC(CCC(N)=O)C(=O)O)C(C)O. The second-order valence-electron chi connectivity index (χ2n) is 8.71. The largest absolute Gasteiger partial charge is 0.480 e. The molecule has 0 aromatic carbocycles. The van der Waals surface area contributed by atoms with Crippen LogP contribution in [0.1, 0.15) is 45.7 Å². The van der Waals surface area contributed by atoms with Crippen molar-refractivity contribution in [3.63, 3.8) is 0 Å². The van der Waals surface area contributed by atoms with Gasteiger partial charge in [0.2, 0.25) is 23.6 Å². The van der Waals surface area contributed by atoms with Gasteiger partial charge in [-0.1, -0.05) is 13.8 Å². The Hall–Kier alpha value is -3.52. The molecule has 14 nitrogen and oxygen atoms in total. The van der Waals surface area contributed by atoms with Crippen LogP contribution in [0.25, 0.3) is 0 Å². The number of hydrogen-bond donors (Lipinski definition) is 8. The summed E-state index contributed by atoms with van der Waals surface area (Å²) in [4.78, 5) is 67.4. The van der Waals surface area contributed by atoms with Crippen LogP contribution >= 0.6 is 0 Å². The molecule has 1 rings (SSSR count). The number of aliphatic carboxylic acids is 1. The summed E-state index contributed by atoms with van der Waals surface area (Å²) < 4.78 is 0. The molecule has 0 bridgehead atoms. The number of nitrogens with zero attached hydrogens (tertiary/aromatic N) is 1. The monoisotopic (exact) mass is 497 g/mol. The number of aromatic amines is 1. The Balaban J connectivity index is 3.02. The smallest absolute Gasteiger partial charge is 0.326 e. The molecule has 0 spiro atoms. The van der Waals surface area contributed by atoms with Crippen molar-refractivity contribution in [2.75, 3.05) is 0 Å². The van der Waals surface area contributed by atoms with Gasteiger partial charge in [-0.2, -0.15) is 0 Å². The number of aliphatic hydroxyl groups is 1. The first-order valence-electron chi connectivity index (χ1n) is 11.1. The number of aromatic nitrogens is 2. The van der Waals surface area contributed by atoms with E-state index in [1.165, 1.54) is 19.4 Å². The van der Waals surface area contributed by atoms with Crippen LogP contribution in [-0.2, 0) is 30.4 Å². The summed E-state index contributed by atoms with van der Waals surface area (Å²) in [5, 5.41) is 26.6. The molecular formula is C21H35N7O7. The third kappa shape index (κ3) is 10.5. The Bertz CT molecular complexity index is 873. The van der Waals surface area contributed by atoms with Crippen LogP contribution in [0.15, 0.2) is 12.5 Å². The van der Waals surface area contributed by atoms with E-state index in [1.807, 2.05) is 13.8 Å². The number of nitrogens with one attached hydrogen (secondary N) is 4. The molecule has 14 heteroatoms. The van der Waals surface area contributed by atoms with Crippen molar-refractivity contribution < 1.29 is 34.2 Å². The fraction of sp³-hybridized carbons (Fsp3) is 0.619. The molecule has 0 radical (unpaired) electrons. The summed E-state index contributed by atoms with van der Waals surface area (Å²) in [6.07, 6.45) is 1.16. The zero-order valence-corrected chi connectivity index (χ0v) is 20.0. The van der Waals surface area contributed by atoms with E-state index < -0.39 is 59.9 Å². The zero-order chi connectivity index (χ0) is 26.7. The lowest BCUT2D eigenvalue weighted by Crippen LogP contribution is -2.60. The fourth-order valence-electron chi connectivity index (χ4n) is 3.18. The van der Waals surface area contributed by atoms with Gasteiger partial charge in [0.05, 0.1) is 18.5 Å². The first kappa shape index (κ1) is 29.5. The fourth-order valence-corrected chi connectivity index (χ4v) is 3.18. The van der Waals surface area contributed by atoms with Crippen LogP contribution in [-0.4, -0.2) is 80.1 Å². The quantitative estimate of drug-likeness (QED) is 0.128. The minimum atomic E-state index is -1.43. The van der Waals surface area contributed by atoms with Crippen LogP contribution in [0.5, 0.6) is 0 Å². The van der Waals surface area contributed by atoms with Gasteiger partial charge in [-0.25, -0.2) is 9.78 Å².